The van der Waals surface area contributed by atoms with Crippen LogP contribution in [-0.4, -0.2) is 54.6 Å². The largest absolute Gasteiger partial charge is 0.383 e. The first-order valence-corrected chi connectivity index (χ1v) is 7.12. The molecule has 1 amide bonds. The van der Waals surface area contributed by atoms with E-state index in [4.69, 9.17) is 4.74 Å². The van der Waals surface area contributed by atoms with Gasteiger partial charge in [-0.1, -0.05) is 0 Å². The van der Waals surface area contributed by atoms with Gasteiger partial charge in [0.1, 0.15) is 0 Å². The number of imidazole rings is 1. The third kappa shape index (κ3) is 3.55. The summed E-state index contributed by atoms with van der Waals surface area (Å²) in [6, 6.07) is 1.89. The van der Waals surface area contributed by atoms with Crippen LogP contribution in [0.1, 0.15) is 11.1 Å². The zero-order valence-corrected chi connectivity index (χ0v) is 13.4. The van der Waals surface area contributed by atoms with Crippen molar-refractivity contribution in [3.8, 4) is 0 Å². The van der Waals surface area contributed by atoms with Gasteiger partial charge in [0, 0.05) is 13.7 Å². The Morgan fingerprint density at radius 2 is 2.09 bits per heavy atom. The molecule has 22 heavy (non-hydrogen) atoms. The van der Waals surface area contributed by atoms with Gasteiger partial charge in [0.2, 0.25) is 5.91 Å². The van der Waals surface area contributed by atoms with E-state index in [-0.39, 0.29) is 18.1 Å². The maximum Gasteiger partial charge on any atom is 0.323 e. The number of hydrogen-bond acceptors (Lipinski definition) is 4. The van der Waals surface area contributed by atoms with Crippen LogP contribution < -0.4 is 11.0 Å². The summed E-state index contributed by atoms with van der Waals surface area (Å²) in [5.74, 6) is -0.129. The van der Waals surface area contributed by atoms with E-state index in [1.807, 2.05) is 31.9 Å². The lowest BCUT2D eigenvalue weighted by molar-refractivity contribution is -0.117. The molecule has 1 aromatic heterocycles. The Balaban J connectivity index is 2.22. The number of nitrogens with one attached hydrogen (secondary N) is 3. The average Bonchev–Trinajstić information content (AvgIpc) is 2.81. The van der Waals surface area contributed by atoms with Gasteiger partial charge < -0.3 is 20.0 Å². The Morgan fingerprint density at radius 1 is 1.36 bits per heavy atom. The molecule has 1 heterocycles. The number of aromatic nitrogens is 2. The van der Waals surface area contributed by atoms with Gasteiger partial charge in [0.25, 0.3) is 0 Å². The molecule has 0 atom stereocenters. The highest BCUT2D eigenvalue weighted by molar-refractivity contribution is 6.01. The Morgan fingerprint density at radius 3 is 2.77 bits per heavy atom. The summed E-state index contributed by atoms with van der Waals surface area (Å²) in [5, 5.41) is 2.90. The number of anilines is 1. The number of methoxy groups -OCH3 is 1. The number of aryl methyl sites for hydroxylation is 1. The Bertz CT molecular complexity index is 732. The Kier molecular flexibility index (Phi) is 4.99. The molecule has 2 rings (SSSR count). The van der Waals surface area contributed by atoms with Crippen molar-refractivity contribution in [1.82, 2.24) is 14.9 Å². The molecule has 0 aliphatic rings. The summed E-state index contributed by atoms with van der Waals surface area (Å²) >= 11 is 0. The fourth-order valence-electron chi connectivity index (χ4n) is 2.32. The van der Waals surface area contributed by atoms with Crippen molar-refractivity contribution in [2.45, 2.75) is 13.8 Å². The number of ether oxygens (including phenoxy) is 1. The molecule has 0 saturated carbocycles. The Hall–Kier alpha value is -2.12. The molecule has 0 fully saturated rings. The van der Waals surface area contributed by atoms with Gasteiger partial charge >= 0.3 is 5.69 Å². The number of H-pyrrole nitrogens is 2. The molecule has 0 aliphatic carbocycles. The number of rotatable bonds is 6. The normalized spacial score (nSPS) is 11.3. The molecule has 1 aromatic carbocycles. The van der Waals surface area contributed by atoms with E-state index in [1.165, 1.54) is 0 Å². The van der Waals surface area contributed by atoms with Crippen molar-refractivity contribution in [2.75, 3.05) is 39.2 Å². The van der Waals surface area contributed by atoms with Crippen molar-refractivity contribution in [1.29, 1.82) is 0 Å². The SMILES string of the molecule is COCCN(C)CC(=O)Nc1c(C)c(C)cc2[nH]c(=O)[nH]c12. The standard InChI is InChI=1S/C15H22N4O3/c1-9-7-11-14(18-15(21)16-11)13(10(9)2)17-12(20)8-19(3)5-6-22-4/h7H,5-6,8H2,1-4H3,(H,17,20)(H2,16,18,21). The minimum atomic E-state index is -0.285. The van der Waals surface area contributed by atoms with Crippen LogP contribution in [0.25, 0.3) is 11.0 Å². The fourth-order valence-corrected chi connectivity index (χ4v) is 2.32. The van der Waals surface area contributed by atoms with Gasteiger partial charge in [-0.3, -0.25) is 9.69 Å². The molecule has 7 heteroatoms. The first-order valence-electron chi connectivity index (χ1n) is 7.12. The summed E-state index contributed by atoms with van der Waals surface area (Å²) in [4.78, 5) is 31.0. The van der Waals surface area contributed by atoms with Gasteiger partial charge in [0.05, 0.1) is 29.9 Å². The van der Waals surface area contributed by atoms with Crippen LogP contribution >= 0.6 is 0 Å². The van der Waals surface area contributed by atoms with Gasteiger partial charge in [-0.15, -0.1) is 0 Å². The van der Waals surface area contributed by atoms with Crippen LogP contribution in [0.2, 0.25) is 0 Å². The molecule has 7 nitrogen and oxygen atoms in total. The summed E-state index contributed by atoms with van der Waals surface area (Å²) in [7, 11) is 3.48. The highest BCUT2D eigenvalue weighted by atomic mass is 16.5. The van der Waals surface area contributed by atoms with Gasteiger partial charge in [-0.25, -0.2) is 4.79 Å². The summed E-state index contributed by atoms with van der Waals surface area (Å²) in [6.07, 6.45) is 0. The number of nitrogens with zero attached hydrogens (tertiary/aromatic N) is 1. The van der Waals surface area contributed by atoms with Crippen LogP contribution in [0.5, 0.6) is 0 Å². The first-order chi connectivity index (χ1) is 10.4. The van der Waals surface area contributed by atoms with E-state index in [1.54, 1.807) is 7.11 Å². The average molecular weight is 306 g/mol. The van der Waals surface area contributed by atoms with Crippen molar-refractivity contribution in [3.05, 3.63) is 27.7 Å². The molecule has 0 radical (unpaired) electrons. The second-order valence-electron chi connectivity index (χ2n) is 5.47. The summed E-state index contributed by atoms with van der Waals surface area (Å²) in [5.41, 5.74) is 3.63. The number of carbonyl (C=O) groups excluding carboxylic acids is 1. The molecule has 2 aromatic rings. The number of likely N-dealkylation sites (N-methyl/N-ethyl adjacent to an activating group) is 1. The molecule has 0 aliphatic heterocycles. The number of amides is 1. The highest BCUT2D eigenvalue weighted by Gasteiger charge is 2.14. The van der Waals surface area contributed by atoms with Crippen molar-refractivity contribution in [3.63, 3.8) is 0 Å². The maximum atomic E-state index is 12.2. The van der Waals surface area contributed by atoms with Crippen LogP contribution in [0, 0.1) is 13.8 Å². The van der Waals surface area contributed by atoms with Crippen LogP contribution in [0.3, 0.4) is 0 Å². The van der Waals surface area contributed by atoms with Crippen molar-refractivity contribution >= 4 is 22.6 Å². The second-order valence-corrected chi connectivity index (χ2v) is 5.47. The third-order valence-electron chi connectivity index (χ3n) is 3.69. The lowest BCUT2D eigenvalue weighted by Gasteiger charge is -2.17. The van der Waals surface area contributed by atoms with Gasteiger partial charge in [-0.05, 0) is 38.1 Å². The number of fused-ring (bicyclic) bond motifs is 1. The highest BCUT2D eigenvalue weighted by Crippen LogP contribution is 2.26. The molecule has 0 spiro atoms. The third-order valence-corrected chi connectivity index (χ3v) is 3.69. The topological polar surface area (TPSA) is 90.2 Å². The zero-order chi connectivity index (χ0) is 16.3. The molecule has 3 N–H and O–H groups in total. The molecule has 0 bridgehead atoms. The van der Waals surface area contributed by atoms with Gasteiger partial charge in [-0.2, -0.15) is 0 Å². The van der Waals surface area contributed by atoms with Crippen LogP contribution in [-0.2, 0) is 9.53 Å². The molecular weight excluding hydrogens is 284 g/mol. The first kappa shape index (κ1) is 16.3. The molecular formula is C15H22N4O3. The van der Waals surface area contributed by atoms with Crippen LogP contribution in [0.4, 0.5) is 5.69 Å². The van der Waals surface area contributed by atoms with Gasteiger partial charge in [0.15, 0.2) is 0 Å². The van der Waals surface area contributed by atoms with Crippen molar-refractivity contribution in [2.24, 2.45) is 0 Å². The minimum Gasteiger partial charge on any atom is -0.383 e. The van der Waals surface area contributed by atoms with E-state index in [2.05, 4.69) is 15.3 Å². The molecule has 120 valence electrons. The number of hydrogen-bond donors (Lipinski definition) is 3. The number of carbonyl (C=O) groups is 1. The lowest BCUT2D eigenvalue weighted by atomic mass is 10.1. The predicted octanol–water partition coefficient (Wildman–Crippen LogP) is 0.990. The predicted molar refractivity (Wildman–Crippen MR) is 86.4 cm³/mol. The fraction of sp³-hybridized carbons (Fsp3) is 0.467. The van der Waals surface area contributed by atoms with E-state index in [0.717, 1.165) is 11.1 Å². The lowest BCUT2D eigenvalue weighted by Crippen LogP contribution is -2.32. The van der Waals surface area contributed by atoms with E-state index >= 15 is 0 Å². The van der Waals surface area contributed by atoms with E-state index in [0.29, 0.717) is 29.9 Å². The van der Waals surface area contributed by atoms with Crippen LogP contribution in [0.15, 0.2) is 10.9 Å². The summed E-state index contributed by atoms with van der Waals surface area (Å²) < 4.78 is 4.99. The maximum absolute atomic E-state index is 12.2. The quantitative estimate of drug-likeness (QED) is 0.742. The minimum absolute atomic E-state index is 0.129. The second kappa shape index (κ2) is 6.76. The number of aromatic amines is 2. The monoisotopic (exact) mass is 306 g/mol. The molecule has 0 unspecified atom stereocenters. The van der Waals surface area contributed by atoms with E-state index < -0.39 is 0 Å². The smallest absolute Gasteiger partial charge is 0.323 e. The molecule has 0 saturated heterocycles. The Labute approximate surface area is 128 Å². The summed E-state index contributed by atoms with van der Waals surface area (Å²) in [6.45, 7) is 5.37. The number of benzene rings is 1. The zero-order valence-electron chi connectivity index (χ0n) is 13.4. The van der Waals surface area contributed by atoms with Crippen molar-refractivity contribution < 1.29 is 9.53 Å². The van der Waals surface area contributed by atoms with E-state index in [9.17, 15) is 9.59 Å².